The van der Waals surface area contributed by atoms with E-state index < -0.39 is 0 Å². The Morgan fingerprint density at radius 1 is 1.26 bits per heavy atom. The van der Waals surface area contributed by atoms with Gasteiger partial charge in [0.05, 0.1) is 19.3 Å². The van der Waals surface area contributed by atoms with Gasteiger partial charge in [-0.2, -0.15) is 0 Å². The standard InChI is InChI=1S/C20H29N5O2/c1-15(2)19-13-18(27-23-19)14-22-20(21-3)25-10-8-24(9-11-25)16-6-5-7-17(12-16)26-4/h5-7,12-13,15H,8-11,14H2,1-4H3,(H,21,22). The lowest BCUT2D eigenvalue weighted by atomic mass is 10.1. The minimum absolute atomic E-state index is 0.367. The molecule has 0 unspecified atom stereocenters. The van der Waals surface area contributed by atoms with Crippen LogP contribution in [0.15, 0.2) is 39.8 Å². The van der Waals surface area contributed by atoms with Gasteiger partial charge in [-0.1, -0.05) is 25.1 Å². The third kappa shape index (κ3) is 4.72. The quantitative estimate of drug-likeness (QED) is 0.644. The van der Waals surface area contributed by atoms with Crippen LogP contribution in [0.3, 0.4) is 0 Å². The van der Waals surface area contributed by atoms with Gasteiger partial charge in [0.2, 0.25) is 0 Å². The number of hydrogen-bond acceptors (Lipinski definition) is 5. The molecule has 27 heavy (non-hydrogen) atoms. The van der Waals surface area contributed by atoms with E-state index in [4.69, 9.17) is 9.26 Å². The highest BCUT2D eigenvalue weighted by atomic mass is 16.5. The Morgan fingerprint density at radius 3 is 2.67 bits per heavy atom. The Labute approximate surface area is 161 Å². The fourth-order valence-corrected chi connectivity index (χ4v) is 3.17. The Kier molecular flexibility index (Phi) is 6.21. The smallest absolute Gasteiger partial charge is 0.194 e. The highest BCUT2D eigenvalue weighted by Gasteiger charge is 2.20. The van der Waals surface area contributed by atoms with Crippen LogP contribution >= 0.6 is 0 Å². The molecule has 7 nitrogen and oxygen atoms in total. The second-order valence-electron chi connectivity index (χ2n) is 6.95. The number of benzene rings is 1. The van der Waals surface area contributed by atoms with Gasteiger partial charge in [-0.25, -0.2) is 0 Å². The van der Waals surface area contributed by atoms with E-state index in [1.807, 2.05) is 25.2 Å². The fourth-order valence-electron chi connectivity index (χ4n) is 3.17. The zero-order valence-electron chi connectivity index (χ0n) is 16.6. The van der Waals surface area contributed by atoms with E-state index in [1.54, 1.807) is 7.11 Å². The van der Waals surface area contributed by atoms with Crippen molar-refractivity contribution in [3.05, 3.63) is 41.8 Å². The number of guanidine groups is 1. The molecule has 1 aromatic carbocycles. The average molecular weight is 371 g/mol. The van der Waals surface area contributed by atoms with Gasteiger partial charge in [-0.15, -0.1) is 0 Å². The molecule has 0 aliphatic carbocycles. The molecule has 146 valence electrons. The molecule has 1 N–H and O–H groups in total. The molecule has 0 spiro atoms. The van der Waals surface area contributed by atoms with Gasteiger partial charge in [-0.05, 0) is 18.1 Å². The molecule has 1 aliphatic rings. The van der Waals surface area contributed by atoms with Gasteiger partial charge in [-0.3, -0.25) is 4.99 Å². The zero-order chi connectivity index (χ0) is 19.2. The van der Waals surface area contributed by atoms with Gasteiger partial charge >= 0.3 is 0 Å². The third-order valence-corrected chi connectivity index (χ3v) is 4.80. The number of hydrogen-bond donors (Lipinski definition) is 1. The van der Waals surface area contributed by atoms with Gasteiger partial charge in [0.25, 0.3) is 0 Å². The largest absolute Gasteiger partial charge is 0.497 e. The highest BCUT2D eigenvalue weighted by molar-refractivity contribution is 5.80. The number of rotatable bonds is 5. The number of methoxy groups -OCH3 is 1. The van der Waals surface area contributed by atoms with Crippen LogP contribution in [0.1, 0.15) is 31.2 Å². The van der Waals surface area contributed by atoms with Crippen LogP contribution in [0.5, 0.6) is 5.75 Å². The first-order valence-electron chi connectivity index (χ1n) is 9.40. The number of aliphatic imine (C=N–C) groups is 1. The van der Waals surface area contributed by atoms with E-state index in [9.17, 15) is 0 Å². The summed E-state index contributed by atoms with van der Waals surface area (Å²) >= 11 is 0. The maximum absolute atomic E-state index is 5.40. The van der Waals surface area contributed by atoms with Crippen LogP contribution in [0, 0.1) is 0 Å². The first-order chi connectivity index (χ1) is 13.1. The molecule has 0 amide bonds. The first kappa shape index (κ1) is 19.1. The first-order valence-corrected chi connectivity index (χ1v) is 9.40. The second-order valence-corrected chi connectivity index (χ2v) is 6.95. The van der Waals surface area contributed by atoms with E-state index in [-0.39, 0.29) is 0 Å². The highest BCUT2D eigenvalue weighted by Crippen LogP contribution is 2.22. The van der Waals surface area contributed by atoms with Crippen molar-refractivity contribution in [3.8, 4) is 5.75 Å². The molecule has 2 heterocycles. The molecule has 0 bridgehead atoms. The summed E-state index contributed by atoms with van der Waals surface area (Å²) in [6.45, 7) is 8.49. The van der Waals surface area contributed by atoms with Crippen molar-refractivity contribution < 1.29 is 9.26 Å². The number of anilines is 1. The summed E-state index contributed by atoms with van der Waals surface area (Å²) in [7, 11) is 3.52. The number of ether oxygens (including phenoxy) is 1. The molecular formula is C20H29N5O2. The van der Waals surface area contributed by atoms with Crippen LogP contribution in [0.25, 0.3) is 0 Å². The summed E-state index contributed by atoms with van der Waals surface area (Å²) in [6, 6.07) is 10.2. The lowest BCUT2D eigenvalue weighted by molar-refractivity contribution is 0.355. The molecule has 3 rings (SSSR count). The summed E-state index contributed by atoms with van der Waals surface area (Å²) < 4.78 is 10.7. The van der Waals surface area contributed by atoms with Gasteiger partial charge in [0.15, 0.2) is 11.7 Å². The normalized spacial score (nSPS) is 15.4. The Balaban J connectivity index is 1.53. The lowest BCUT2D eigenvalue weighted by Gasteiger charge is -2.37. The predicted octanol–water partition coefficient (Wildman–Crippen LogP) is 2.70. The second kappa shape index (κ2) is 8.79. The van der Waals surface area contributed by atoms with Crippen LogP contribution in [-0.2, 0) is 6.54 Å². The van der Waals surface area contributed by atoms with Gasteiger partial charge < -0.3 is 24.4 Å². The molecule has 0 atom stereocenters. The summed E-state index contributed by atoms with van der Waals surface area (Å²) in [5.41, 5.74) is 2.17. The van der Waals surface area contributed by atoms with Crippen molar-refractivity contribution in [3.63, 3.8) is 0 Å². The van der Waals surface area contributed by atoms with Crippen molar-refractivity contribution in [2.24, 2.45) is 4.99 Å². The molecule has 2 aromatic rings. The molecule has 0 saturated carbocycles. The minimum Gasteiger partial charge on any atom is -0.497 e. The Hall–Kier alpha value is -2.70. The summed E-state index contributed by atoms with van der Waals surface area (Å²) in [5, 5.41) is 7.49. The van der Waals surface area contributed by atoms with Crippen molar-refractivity contribution in [1.82, 2.24) is 15.4 Å². The number of piperazine rings is 1. The predicted molar refractivity (Wildman–Crippen MR) is 108 cm³/mol. The number of nitrogens with one attached hydrogen (secondary N) is 1. The molecule has 0 radical (unpaired) electrons. The van der Waals surface area contributed by atoms with Crippen LogP contribution in [-0.4, -0.2) is 56.4 Å². The van der Waals surface area contributed by atoms with E-state index >= 15 is 0 Å². The van der Waals surface area contributed by atoms with Gasteiger partial charge in [0, 0.05) is 51.0 Å². The number of nitrogens with zero attached hydrogens (tertiary/aromatic N) is 4. The van der Waals surface area contributed by atoms with Crippen LogP contribution < -0.4 is 15.0 Å². The van der Waals surface area contributed by atoms with Crippen LogP contribution in [0.4, 0.5) is 5.69 Å². The topological polar surface area (TPSA) is 66.1 Å². The Morgan fingerprint density at radius 2 is 2.04 bits per heavy atom. The fraction of sp³-hybridized carbons (Fsp3) is 0.500. The molecule has 1 fully saturated rings. The molecular weight excluding hydrogens is 342 g/mol. The molecule has 1 saturated heterocycles. The van der Waals surface area contributed by atoms with Crippen molar-refractivity contribution in [1.29, 1.82) is 0 Å². The lowest BCUT2D eigenvalue weighted by Crippen LogP contribution is -2.52. The Bertz CT molecular complexity index is 763. The monoisotopic (exact) mass is 371 g/mol. The maximum Gasteiger partial charge on any atom is 0.194 e. The average Bonchev–Trinajstić information content (AvgIpc) is 3.18. The third-order valence-electron chi connectivity index (χ3n) is 4.80. The maximum atomic E-state index is 5.40. The number of aromatic nitrogens is 1. The van der Waals surface area contributed by atoms with Crippen molar-refractivity contribution >= 4 is 11.6 Å². The summed E-state index contributed by atoms with van der Waals surface area (Å²) in [4.78, 5) is 9.07. The minimum atomic E-state index is 0.367. The zero-order valence-corrected chi connectivity index (χ0v) is 16.6. The van der Waals surface area contributed by atoms with Crippen molar-refractivity contribution in [2.45, 2.75) is 26.3 Å². The summed E-state index contributed by atoms with van der Waals surface area (Å²) in [6.07, 6.45) is 0. The van der Waals surface area contributed by atoms with Crippen LogP contribution in [0.2, 0.25) is 0 Å². The van der Waals surface area contributed by atoms with Crippen molar-refractivity contribution in [2.75, 3.05) is 45.2 Å². The molecule has 1 aliphatic heterocycles. The summed E-state index contributed by atoms with van der Waals surface area (Å²) in [5.74, 6) is 2.98. The van der Waals surface area contributed by atoms with Gasteiger partial charge in [0.1, 0.15) is 5.75 Å². The van der Waals surface area contributed by atoms with E-state index in [0.717, 1.165) is 49.3 Å². The van der Waals surface area contributed by atoms with E-state index in [2.05, 4.69) is 51.2 Å². The van der Waals surface area contributed by atoms with E-state index in [0.29, 0.717) is 12.5 Å². The SMILES string of the molecule is CN=C(NCc1cc(C(C)C)no1)N1CCN(c2cccc(OC)c2)CC1. The molecule has 1 aromatic heterocycles. The molecule has 7 heteroatoms. The van der Waals surface area contributed by atoms with E-state index in [1.165, 1.54) is 5.69 Å².